The van der Waals surface area contributed by atoms with Gasteiger partial charge in [-0.25, -0.2) is 14.6 Å². The van der Waals surface area contributed by atoms with Crippen LogP contribution in [-0.4, -0.2) is 25.5 Å². The van der Waals surface area contributed by atoms with E-state index in [1.54, 1.807) is 24.7 Å². The van der Waals surface area contributed by atoms with Crippen molar-refractivity contribution >= 4 is 5.78 Å². The van der Waals surface area contributed by atoms with Crippen molar-refractivity contribution in [2.45, 2.75) is 6.92 Å². The van der Waals surface area contributed by atoms with E-state index in [-0.39, 0.29) is 5.78 Å². The summed E-state index contributed by atoms with van der Waals surface area (Å²) in [7, 11) is 0. The van der Waals surface area contributed by atoms with Gasteiger partial charge in [0, 0.05) is 18.6 Å². The summed E-state index contributed by atoms with van der Waals surface area (Å²) < 4.78 is 1.47. The largest absolute Gasteiger partial charge is 0.294 e. The molecule has 2 heterocycles. The molecular formula is C9H8N4O. The predicted octanol–water partition coefficient (Wildman–Crippen LogP) is 0.865. The van der Waals surface area contributed by atoms with Crippen molar-refractivity contribution in [1.82, 2.24) is 19.7 Å². The molecule has 0 spiro atoms. The maximum absolute atomic E-state index is 11.0. The van der Waals surface area contributed by atoms with Crippen molar-refractivity contribution in [2.75, 3.05) is 0 Å². The van der Waals surface area contributed by atoms with Crippen molar-refractivity contribution in [3.8, 4) is 5.95 Å². The van der Waals surface area contributed by atoms with Crippen LogP contribution in [-0.2, 0) is 0 Å². The molecule has 0 unspecified atom stereocenters. The van der Waals surface area contributed by atoms with E-state index in [9.17, 15) is 4.79 Å². The van der Waals surface area contributed by atoms with Crippen LogP contribution < -0.4 is 0 Å². The molecule has 2 aromatic heterocycles. The first-order valence-corrected chi connectivity index (χ1v) is 4.10. The molecule has 0 fully saturated rings. The molecule has 0 amide bonds. The standard InChI is InChI=1S/C9H8N4O/c1-7(14)8-5-12-13(6-8)9-10-3-2-4-11-9/h2-6H,1H3. The first-order valence-electron chi connectivity index (χ1n) is 4.10. The number of ketones is 1. The highest BCUT2D eigenvalue weighted by atomic mass is 16.1. The molecule has 2 rings (SSSR count). The summed E-state index contributed by atoms with van der Waals surface area (Å²) in [4.78, 5) is 19.0. The molecule has 5 nitrogen and oxygen atoms in total. The van der Waals surface area contributed by atoms with Crippen molar-refractivity contribution in [1.29, 1.82) is 0 Å². The van der Waals surface area contributed by atoms with Gasteiger partial charge in [0.05, 0.1) is 11.8 Å². The highest BCUT2D eigenvalue weighted by Crippen LogP contribution is 2.02. The molecule has 70 valence electrons. The Morgan fingerprint density at radius 1 is 1.36 bits per heavy atom. The van der Waals surface area contributed by atoms with E-state index in [4.69, 9.17) is 0 Å². The summed E-state index contributed by atoms with van der Waals surface area (Å²) >= 11 is 0. The van der Waals surface area contributed by atoms with Crippen LogP contribution in [0.5, 0.6) is 0 Å². The second kappa shape index (κ2) is 3.37. The molecule has 0 saturated heterocycles. The molecule has 0 N–H and O–H groups in total. The number of hydrogen-bond donors (Lipinski definition) is 0. The highest BCUT2D eigenvalue weighted by molar-refractivity contribution is 5.93. The molecule has 0 aromatic carbocycles. The molecule has 0 radical (unpaired) electrons. The van der Waals surface area contributed by atoms with Gasteiger partial charge in [-0.2, -0.15) is 5.10 Å². The Morgan fingerprint density at radius 2 is 2.07 bits per heavy atom. The minimum atomic E-state index is -0.0211. The molecule has 0 atom stereocenters. The quantitative estimate of drug-likeness (QED) is 0.656. The van der Waals surface area contributed by atoms with E-state index in [0.29, 0.717) is 11.5 Å². The van der Waals surface area contributed by atoms with Crippen molar-refractivity contribution < 1.29 is 4.79 Å². The molecule has 0 saturated carbocycles. The van der Waals surface area contributed by atoms with Gasteiger partial charge in [-0.1, -0.05) is 0 Å². The van der Waals surface area contributed by atoms with Gasteiger partial charge in [-0.3, -0.25) is 4.79 Å². The fourth-order valence-corrected chi connectivity index (χ4v) is 1.02. The van der Waals surface area contributed by atoms with Crippen LogP contribution in [0.25, 0.3) is 5.95 Å². The SMILES string of the molecule is CC(=O)c1cnn(-c2ncccn2)c1. The lowest BCUT2D eigenvalue weighted by molar-refractivity contribution is 0.101. The molecule has 5 heteroatoms. The minimum absolute atomic E-state index is 0.0211. The third kappa shape index (κ3) is 1.52. The van der Waals surface area contributed by atoms with Gasteiger partial charge in [0.25, 0.3) is 0 Å². The fourth-order valence-electron chi connectivity index (χ4n) is 1.02. The van der Waals surface area contributed by atoms with Gasteiger partial charge < -0.3 is 0 Å². The number of aromatic nitrogens is 4. The van der Waals surface area contributed by atoms with Crippen LogP contribution in [0.1, 0.15) is 17.3 Å². The molecule has 2 aromatic rings. The number of rotatable bonds is 2. The van der Waals surface area contributed by atoms with E-state index < -0.39 is 0 Å². The zero-order chi connectivity index (χ0) is 9.97. The van der Waals surface area contributed by atoms with Crippen LogP contribution in [0.15, 0.2) is 30.9 Å². The minimum Gasteiger partial charge on any atom is -0.294 e. The number of Topliss-reactive ketones (excluding diaryl/α,β-unsaturated/α-hetero) is 1. The van der Waals surface area contributed by atoms with Gasteiger partial charge in [-0.05, 0) is 13.0 Å². The Bertz CT molecular complexity index is 449. The van der Waals surface area contributed by atoms with Crippen molar-refractivity contribution in [3.63, 3.8) is 0 Å². The second-order valence-corrected chi connectivity index (χ2v) is 2.78. The zero-order valence-corrected chi connectivity index (χ0v) is 7.58. The lowest BCUT2D eigenvalue weighted by Gasteiger charge is -1.95. The Kier molecular flexibility index (Phi) is 2.06. The van der Waals surface area contributed by atoms with Crippen LogP contribution >= 0.6 is 0 Å². The average Bonchev–Trinajstić information content (AvgIpc) is 2.68. The smallest absolute Gasteiger partial charge is 0.250 e. The van der Waals surface area contributed by atoms with Gasteiger partial charge in [0.15, 0.2) is 5.78 Å². The van der Waals surface area contributed by atoms with Crippen LogP contribution in [0.2, 0.25) is 0 Å². The van der Waals surface area contributed by atoms with Gasteiger partial charge in [-0.15, -0.1) is 0 Å². The summed E-state index contributed by atoms with van der Waals surface area (Å²) in [6.45, 7) is 1.49. The van der Waals surface area contributed by atoms with E-state index in [2.05, 4.69) is 15.1 Å². The van der Waals surface area contributed by atoms with E-state index >= 15 is 0 Å². The number of carbonyl (C=O) groups is 1. The van der Waals surface area contributed by atoms with Crippen LogP contribution in [0.4, 0.5) is 0 Å². The van der Waals surface area contributed by atoms with Gasteiger partial charge in [0.2, 0.25) is 5.95 Å². The molecule has 0 aliphatic heterocycles. The Balaban J connectivity index is 2.39. The maximum atomic E-state index is 11.0. The van der Waals surface area contributed by atoms with E-state index in [1.807, 2.05) is 0 Å². The lowest BCUT2D eigenvalue weighted by Crippen LogP contribution is -2.00. The fraction of sp³-hybridized carbons (Fsp3) is 0.111. The third-order valence-electron chi connectivity index (χ3n) is 1.75. The van der Waals surface area contributed by atoms with Crippen molar-refractivity contribution in [2.24, 2.45) is 0 Å². The maximum Gasteiger partial charge on any atom is 0.250 e. The monoisotopic (exact) mass is 188 g/mol. The van der Waals surface area contributed by atoms with Crippen LogP contribution in [0, 0.1) is 0 Å². The number of hydrogen-bond acceptors (Lipinski definition) is 4. The Labute approximate surface area is 80.4 Å². The summed E-state index contributed by atoms with van der Waals surface area (Å²) in [6.07, 6.45) is 6.35. The molecule has 0 bridgehead atoms. The zero-order valence-electron chi connectivity index (χ0n) is 7.58. The summed E-state index contributed by atoms with van der Waals surface area (Å²) in [5, 5.41) is 3.98. The van der Waals surface area contributed by atoms with E-state index in [1.165, 1.54) is 17.8 Å². The average molecular weight is 188 g/mol. The molecule has 14 heavy (non-hydrogen) atoms. The first kappa shape index (κ1) is 8.55. The summed E-state index contributed by atoms with van der Waals surface area (Å²) in [6, 6.07) is 1.72. The molecule has 0 aliphatic carbocycles. The normalized spacial score (nSPS) is 10.1. The molecular weight excluding hydrogens is 180 g/mol. The lowest BCUT2D eigenvalue weighted by atomic mass is 10.3. The number of nitrogens with zero attached hydrogens (tertiary/aromatic N) is 4. The predicted molar refractivity (Wildman–Crippen MR) is 49.2 cm³/mol. The van der Waals surface area contributed by atoms with E-state index in [0.717, 1.165) is 0 Å². The van der Waals surface area contributed by atoms with Gasteiger partial charge in [0.1, 0.15) is 0 Å². The number of carbonyl (C=O) groups excluding carboxylic acids is 1. The van der Waals surface area contributed by atoms with Crippen molar-refractivity contribution in [3.05, 3.63) is 36.4 Å². The van der Waals surface area contributed by atoms with Gasteiger partial charge >= 0.3 is 0 Å². The topological polar surface area (TPSA) is 60.7 Å². The highest BCUT2D eigenvalue weighted by Gasteiger charge is 2.05. The second-order valence-electron chi connectivity index (χ2n) is 2.78. The Hall–Kier alpha value is -2.04. The molecule has 0 aliphatic rings. The summed E-state index contributed by atoms with van der Waals surface area (Å²) in [5.74, 6) is 0.437. The summed E-state index contributed by atoms with van der Waals surface area (Å²) in [5.41, 5.74) is 0.553. The first-order chi connectivity index (χ1) is 6.77. The Morgan fingerprint density at radius 3 is 2.64 bits per heavy atom. The van der Waals surface area contributed by atoms with Crippen LogP contribution in [0.3, 0.4) is 0 Å². The third-order valence-corrected chi connectivity index (χ3v) is 1.75.